The Morgan fingerprint density at radius 3 is 0.336 bits per heavy atom. The lowest BCUT2D eigenvalue weighted by Crippen LogP contribution is -2.69. The Labute approximate surface area is 683 Å². The lowest BCUT2D eigenvalue weighted by Gasteiger charge is -2.52. The highest BCUT2D eigenvalue weighted by atomic mass is 32.3. The summed E-state index contributed by atoms with van der Waals surface area (Å²) in [6, 6.07) is 0. The zero-order valence-corrected chi connectivity index (χ0v) is 70.9. The molecule has 119 heavy (non-hydrogen) atoms. The van der Waals surface area contributed by atoms with E-state index in [9.17, 15) is 90.8 Å². The van der Waals surface area contributed by atoms with Gasteiger partial charge in [-0.15, -0.1) is 0 Å². The first-order valence-electron chi connectivity index (χ1n) is 34.6. The Balaban J connectivity index is 1.35. The first kappa shape index (κ1) is 102. The summed E-state index contributed by atoms with van der Waals surface area (Å²) in [5.41, 5.74) is 0. The Kier molecular flexibility index (Phi) is 37.7. The van der Waals surface area contributed by atoms with Crippen LogP contribution in [0.3, 0.4) is 0 Å². The molecule has 0 spiro atoms. The van der Waals surface area contributed by atoms with Crippen molar-refractivity contribution in [2.24, 2.45) is 0 Å². The van der Waals surface area contributed by atoms with Gasteiger partial charge >= 0.3 is 72.8 Å². The molecular weight excluding hydrogens is 1790 g/mol. The van der Waals surface area contributed by atoms with Crippen LogP contribution in [0.2, 0.25) is 0 Å². The molecule has 14 bridgehead atoms. The monoisotopic (exact) mass is 1890 g/mol. The van der Waals surface area contributed by atoms with Gasteiger partial charge in [0.15, 0.2) is 44.0 Å². The van der Waals surface area contributed by atoms with Crippen LogP contribution in [0.25, 0.3) is 0 Å². The number of methoxy groups -OCH3 is 14. The van der Waals surface area contributed by atoms with E-state index in [0.717, 1.165) is 99.5 Å². The molecule has 21 heterocycles. The van der Waals surface area contributed by atoms with Gasteiger partial charge in [-0.05, 0) is 0 Å². The molecule has 1 unspecified atom stereocenters. The molecule has 21 fully saturated rings. The van der Waals surface area contributed by atoms with E-state index in [1.54, 1.807) is 0 Å². The molecule has 7 N–H and O–H groups in total. The van der Waals surface area contributed by atoms with Crippen LogP contribution in [0.4, 0.5) is 0 Å². The van der Waals surface area contributed by atoms with Crippen molar-refractivity contribution in [2.75, 3.05) is 146 Å². The van der Waals surface area contributed by atoms with Crippen molar-refractivity contribution in [1.29, 1.82) is 0 Å². The maximum Gasteiger partial charge on any atom is 0.397 e. The normalized spacial score (nSPS) is 41.0. The summed E-state index contributed by atoms with van der Waals surface area (Å²) in [4.78, 5) is 0. The van der Waals surface area contributed by atoms with Crippen LogP contribution in [-0.4, -0.2) is 452 Å². The van der Waals surface area contributed by atoms with Crippen molar-refractivity contribution in [3.63, 3.8) is 0 Å². The number of hydrogen-bond donors (Lipinski definition) is 7. The Morgan fingerprint density at radius 1 is 0.168 bits per heavy atom. The smallest absolute Gasteiger partial charge is 0.376 e. The van der Waals surface area contributed by atoms with Crippen molar-refractivity contribution < 1.29 is 253 Å². The van der Waals surface area contributed by atoms with Crippen molar-refractivity contribution in [2.45, 2.75) is 215 Å². The maximum absolute atomic E-state index is 12.5. The molecule has 63 heteroatoms. The van der Waals surface area contributed by atoms with Crippen LogP contribution >= 0.6 is 0 Å². The van der Waals surface area contributed by atoms with E-state index in [1.807, 2.05) is 0 Å². The minimum atomic E-state index is -5.50. The predicted octanol–water partition coefficient (Wildman–Crippen LogP) is -7.28. The zero-order valence-electron chi connectivity index (χ0n) is 65.1. The summed E-state index contributed by atoms with van der Waals surface area (Å²) in [5, 5.41) is 0. The van der Waals surface area contributed by atoms with Gasteiger partial charge in [0.25, 0.3) is 0 Å². The fourth-order valence-electron chi connectivity index (χ4n) is 14.8. The van der Waals surface area contributed by atoms with E-state index >= 15 is 0 Å². The summed E-state index contributed by atoms with van der Waals surface area (Å²) in [6.45, 7) is -9.08. The fourth-order valence-corrected chi connectivity index (χ4v) is 16.9. The van der Waals surface area contributed by atoms with E-state index < -0.39 is 334 Å². The maximum atomic E-state index is 12.5. The van der Waals surface area contributed by atoms with Gasteiger partial charge < -0.3 is 133 Å². The summed E-state index contributed by atoms with van der Waals surface area (Å²) >= 11 is 0. The van der Waals surface area contributed by atoms with Gasteiger partial charge in [0, 0.05) is 99.5 Å². The van der Waals surface area contributed by atoms with Gasteiger partial charge in [0.1, 0.15) is 171 Å². The molecule has 21 rings (SSSR count). The summed E-state index contributed by atoms with van der Waals surface area (Å²) in [5.74, 6) is 0. The molecule has 0 aromatic carbocycles. The largest absolute Gasteiger partial charge is 0.397 e. The summed E-state index contributed by atoms with van der Waals surface area (Å²) in [6.07, 6.45) is -66.4. The number of rotatable bonds is 35. The molecule has 21 saturated heterocycles. The van der Waals surface area contributed by atoms with E-state index in [2.05, 4.69) is 0 Å². The van der Waals surface area contributed by atoms with Gasteiger partial charge in [-0.2, -0.15) is 58.9 Å². The molecule has 56 nitrogen and oxygen atoms in total. The minimum Gasteiger partial charge on any atom is -0.376 e. The van der Waals surface area contributed by atoms with E-state index in [-0.39, 0.29) is 0 Å². The first-order valence-corrected chi connectivity index (χ1v) is 44.2. The second-order valence-corrected chi connectivity index (χ2v) is 33.9. The fraction of sp³-hybridized carbons (Fsp3) is 1.00. The molecule has 0 aliphatic carbocycles. The van der Waals surface area contributed by atoms with Crippen LogP contribution in [0.5, 0.6) is 0 Å². The highest BCUT2D eigenvalue weighted by Crippen LogP contribution is 2.44. The molecule has 0 aromatic heterocycles. The second-order valence-electron chi connectivity index (χ2n) is 26.3. The number of hydrogen-bond acceptors (Lipinski definition) is 49. The van der Waals surface area contributed by atoms with Crippen LogP contribution in [-0.2, 0) is 235 Å². The zero-order chi connectivity index (χ0) is 88.4. The van der Waals surface area contributed by atoms with Crippen molar-refractivity contribution in [3.8, 4) is 0 Å². The van der Waals surface area contributed by atoms with Crippen LogP contribution in [0, 0.1) is 0 Å². The molecule has 35 atom stereocenters. The van der Waals surface area contributed by atoms with Crippen molar-refractivity contribution >= 4 is 72.8 Å². The van der Waals surface area contributed by atoms with Gasteiger partial charge in [-0.3, -0.25) is 31.9 Å². The lowest BCUT2D eigenvalue weighted by molar-refractivity contribution is -0.401. The third kappa shape index (κ3) is 27.1. The van der Waals surface area contributed by atoms with E-state index in [0.29, 0.717) is 0 Å². The molecule has 21 aliphatic heterocycles. The molecule has 0 radical (unpaired) electrons. The molecular formula is C56H98O56S7. The van der Waals surface area contributed by atoms with Gasteiger partial charge in [0.2, 0.25) is 0 Å². The van der Waals surface area contributed by atoms with Crippen LogP contribution in [0.15, 0.2) is 0 Å². The molecule has 21 aliphatic rings. The molecule has 0 amide bonds. The van der Waals surface area contributed by atoms with Crippen LogP contribution in [0.1, 0.15) is 0 Å². The quantitative estimate of drug-likeness (QED) is 0.0290. The molecule has 700 valence electrons. The average molecular weight is 1890 g/mol. The topological polar surface area (TPSA) is 704 Å². The standard InChI is InChI=1S/C56H98O56S7/c1-78-36-29-22(15-92-113(57,58)59)99-50(43(36)85-8)107-30-23(16-93-114(60,61)62)101-52(45(87-10)37(30)79-2)109-32-25(18-95-116(66,67)68)103-54(47(89-12)39(32)81-4)111-34-27(20-97-118(72,73)74)105-56(49(91-14)41(34)83-6)112-35-28(21-98-119(75,76)77)104-55(48(90-13)42(35)84-7)110-33-26(19-96-117(69,70)71)102-53(46(88-11)40(33)82-5)108-31-24(17-94-115(63,64)65)100-51(106-29)44(86-9)38(31)80-3/h22-56H,15-21H2,1-14H3,(H,57,58,59)(H,60,61,62)(H,63,64,65)(H,66,67,68)(H,69,70,71)(H,72,73,74)(H,75,76,77)/t22-,23-,24-,25-,26+,27+,28+,29+,30+,31+,32+,33+,34+,35+,36-,37-,38-,39-,40-,41+,42+,43+,44-,45+,46+,47+,48-,49-,50+,51+,52+,53?,54+,55+,56+/m1/s1. The number of ether oxygens (including phenoxy) is 28. The van der Waals surface area contributed by atoms with Gasteiger partial charge in [0.05, 0.1) is 46.2 Å². The second kappa shape index (κ2) is 43.9. The molecule has 0 aromatic rings. The molecule has 0 saturated carbocycles. The lowest BCUT2D eigenvalue weighted by atomic mass is 9.94. The Bertz CT molecular complexity index is 3280. The first-order chi connectivity index (χ1) is 55.7. The summed E-state index contributed by atoms with van der Waals surface area (Å²) in [7, 11) is -23.9. The summed E-state index contributed by atoms with van der Waals surface area (Å²) < 4.78 is 453. The van der Waals surface area contributed by atoms with Gasteiger partial charge in [-0.1, -0.05) is 0 Å². The van der Waals surface area contributed by atoms with E-state index in [1.165, 1.54) is 0 Å². The highest BCUT2D eigenvalue weighted by molar-refractivity contribution is 7.82. The van der Waals surface area contributed by atoms with E-state index in [4.69, 9.17) is 162 Å². The average Bonchev–Trinajstić information content (AvgIpc) is 0.815. The van der Waals surface area contributed by atoms with Crippen molar-refractivity contribution in [1.82, 2.24) is 0 Å². The minimum absolute atomic E-state index is 1.04. The third-order valence-electron chi connectivity index (χ3n) is 19.7. The Morgan fingerprint density at radius 2 is 0.261 bits per heavy atom. The van der Waals surface area contributed by atoms with Gasteiger partial charge in [-0.25, -0.2) is 29.3 Å². The van der Waals surface area contributed by atoms with Crippen LogP contribution < -0.4 is 0 Å². The van der Waals surface area contributed by atoms with Crippen molar-refractivity contribution in [3.05, 3.63) is 0 Å². The third-order valence-corrected chi connectivity index (χ3v) is 22.7. The Hall–Kier alpha value is -2.03. The predicted molar refractivity (Wildman–Crippen MR) is 368 cm³/mol. The SMILES string of the molecule is CO[C@@H]1[C@H]2OC3O[C@@H](COS(=O)(=O)O)[C@H](O[C@@H]4O[C@@H](COS(=O)(=O)O)[C@H](O[C@@H]5O[C@@H](COS(=O)(=O)O)[C@H](O[C@@H]6O[C@H](COS(=O)(=O)O)[C@H](O[C@@H]7O[C@H](COS(=O)(=O)O)[C@H](O[C@@H]8O[C@H](COS(=O)(=O)O)[C@H](O[C@H](O[C@@H]2COS(=O)(=O)O)[C@@H]1OC)[C@@H](OC)[C@@H]8OC)[C@@H](OC)[C@@H]7OC)[C@@H](OC)[C@@H]6OC)[C@H](OC)[C@H]5OC)[C@H](OC)[C@H]4OC)[C@@H](OC)[C@@H]3OC. The highest BCUT2D eigenvalue weighted by Gasteiger charge is 2.63.